The Morgan fingerprint density at radius 1 is 1.35 bits per heavy atom. The Morgan fingerprint density at radius 3 is 2.41 bits per heavy atom. The van der Waals surface area contributed by atoms with Gasteiger partial charge in [-0.25, -0.2) is 9.78 Å². The highest BCUT2D eigenvalue weighted by Crippen LogP contribution is 2.38. The molecule has 0 radical (unpaired) electrons. The lowest BCUT2D eigenvalue weighted by Gasteiger charge is -2.26. The molecule has 1 aliphatic rings. The zero-order valence-corrected chi connectivity index (χ0v) is 8.79. The van der Waals surface area contributed by atoms with Gasteiger partial charge in [-0.1, -0.05) is 6.42 Å². The quantitative estimate of drug-likeness (QED) is 0.871. The molecule has 0 saturated heterocycles. The van der Waals surface area contributed by atoms with Crippen LogP contribution in [0.5, 0.6) is 0 Å². The molecule has 1 aromatic rings. The molecular weight excluding hydrogens is 235 g/mol. The molecule has 0 amide bonds. The predicted octanol–water partition coefficient (Wildman–Crippen LogP) is 3.07. The zero-order chi connectivity index (χ0) is 12.6. The fraction of sp³-hybridized carbons (Fsp3) is 0.455. The van der Waals surface area contributed by atoms with Gasteiger partial charge in [0.05, 0.1) is 11.3 Å². The molecule has 0 bridgehead atoms. The van der Waals surface area contributed by atoms with Crippen molar-refractivity contribution in [3.05, 3.63) is 29.1 Å². The van der Waals surface area contributed by atoms with E-state index in [1.54, 1.807) is 0 Å². The Labute approximate surface area is 95.3 Å². The van der Waals surface area contributed by atoms with Crippen LogP contribution in [0.4, 0.5) is 13.2 Å². The van der Waals surface area contributed by atoms with Gasteiger partial charge < -0.3 is 5.11 Å². The molecule has 1 aliphatic carbocycles. The summed E-state index contributed by atoms with van der Waals surface area (Å²) in [6.07, 6.45) is -2.22. The Bertz CT molecular complexity index is 453. The van der Waals surface area contributed by atoms with Crippen molar-refractivity contribution in [2.24, 2.45) is 0 Å². The Kier molecular flexibility index (Phi) is 2.81. The molecule has 0 spiro atoms. The number of nitrogens with zero attached hydrogens (tertiary/aromatic N) is 1. The van der Waals surface area contributed by atoms with Gasteiger partial charge in [0.1, 0.15) is 5.69 Å². The van der Waals surface area contributed by atoms with Crippen molar-refractivity contribution in [2.45, 2.75) is 31.4 Å². The number of carboxylic acids is 1. The van der Waals surface area contributed by atoms with Gasteiger partial charge in [0, 0.05) is 5.92 Å². The van der Waals surface area contributed by atoms with Crippen molar-refractivity contribution in [3.63, 3.8) is 0 Å². The second kappa shape index (κ2) is 4.01. The highest BCUT2D eigenvalue weighted by atomic mass is 19.4. The van der Waals surface area contributed by atoms with Gasteiger partial charge in [-0.15, -0.1) is 0 Å². The molecular formula is C11H10F3NO2. The van der Waals surface area contributed by atoms with Gasteiger partial charge >= 0.3 is 12.1 Å². The van der Waals surface area contributed by atoms with Gasteiger partial charge in [0.2, 0.25) is 0 Å². The van der Waals surface area contributed by atoms with E-state index in [0.717, 1.165) is 12.5 Å². The average molecular weight is 245 g/mol. The number of rotatable bonds is 2. The van der Waals surface area contributed by atoms with Crippen LogP contribution in [0.25, 0.3) is 0 Å². The maximum Gasteiger partial charge on any atom is 0.433 e. The molecule has 2 rings (SSSR count). The second-order valence-corrected chi connectivity index (χ2v) is 4.06. The number of hydrogen-bond donors (Lipinski definition) is 1. The summed E-state index contributed by atoms with van der Waals surface area (Å²) in [4.78, 5) is 14.4. The van der Waals surface area contributed by atoms with Crippen LogP contribution in [0.3, 0.4) is 0 Å². The van der Waals surface area contributed by atoms with Gasteiger partial charge in [-0.05, 0) is 25.0 Å². The Hall–Kier alpha value is -1.59. The van der Waals surface area contributed by atoms with Gasteiger partial charge in [-0.2, -0.15) is 13.2 Å². The van der Waals surface area contributed by atoms with Crippen LogP contribution in [0.2, 0.25) is 0 Å². The summed E-state index contributed by atoms with van der Waals surface area (Å²) in [6, 6.07) is 1.71. The first-order chi connectivity index (χ1) is 7.89. The number of aromatic nitrogens is 1. The number of carbonyl (C=O) groups is 1. The topological polar surface area (TPSA) is 50.2 Å². The summed E-state index contributed by atoms with van der Waals surface area (Å²) in [5.41, 5.74) is -1.08. The lowest BCUT2D eigenvalue weighted by molar-refractivity contribution is -0.141. The van der Waals surface area contributed by atoms with E-state index in [2.05, 4.69) is 4.98 Å². The fourth-order valence-corrected chi connectivity index (χ4v) is 1.81. The molecule has 1 saturated carbocycles. The van der Waals surface area contributed by atoms with Crippen LogP contribution >= 0.6 is 0 Å². The first-order valence-electron chi connectivity index (χ1n) is 5.21. The fourth-order valence-electron chi connectivity index (χ4n) is 1.81. The number of pyridine rings is 1. The van der Waals surface area contributed by atoms with Gasteiger partial charge in [0.15, 0.2) is 0 Å². The molecule has 1 fully saturated rings. The zero-order valence-electron chi connectivity index (χ0n) is 8.79. The summed E-state index contributed by atoms with van der Waals surface area (Å²) in [5.74, 6) is -1.38. The minimum Gasteiger partial charge on any atom is -0.478 e. The number of hydrogen-bond acceptors (Lipinski definition) is 2. The summed E-state index contributed by atoms with van der Waals surface area (Å²) in [5, 5.41) is 8.91. The molecule has 17 heavy (non-hydrogen) atoms. The molecule has 1 N–H and O–H groups in total. The molecule has 6 heteroatoms. The van der Waals surface area contributed by atoms with Gasteiger partial charge in [0.25, 0.3) is 0 Å². The molecule has 0 aliphatic heterocycles. The van der Waals surface area contributed by atoms with Crippen LogP contribution < -0.4 is 0 Å². The standard InChI is InChI=1S/C11H10F3NO2/c12-11(13,14)8-5-4-7(10(16)17)9(15-8)6-2-1-3-6/h4-6H,1-3H2,(H,16,17). The highest BCUT2D eigenvalue weighted by molar-refractivity contribution is 5.89. The van der Waals surface area contributed by atoms with Crippen molar-refractivity contribution >= 4 is 5.97 Å². The number of carboxylic acid groups (broad SMARTS) is 1. The van der Waals surface area contributed by atoms with Crippen molar-refractivity contribution in [3.8, 4) is 0 Å². The smallest absolute Gasteiger partial charge is 0.433 e. The second-order valence-electron chi connectivity index (χ2n) is 4.06. The van der Waals surface area contributed by atoms with E-state index < -0.39 is 17.8 Å². The summed E-state index contributed by atoms with van der Waals surface area (Å²) in [7, 11) is 0. The van der Waals surface area contributed by atoms with Gasteiger partial charge in [-0.3, -0.25) is 0 Å². The molecule has 0 atom stereocenters. The van der Waals surface area contributed by atoms with E-state index in [1.807, 2.05) is 0 Å². The van der Waals surface area contributed by atoms with Crippen LogP contribution in [0.15, 0.2) is 12.1 Å². The van der Waals surface area contributed by atoms with E-state index in [4.69, 9.17) is 5.11 Å². The summed E-state index contributed by atoms with van der Waals surface area (Å²) in [6.45, 7) is 0. The minimum atomic E-state index is -4.53. The lowest BCUT2D eigenvalue weighted by atomic mass is 9.81. The number of aromatic carboxylic acids is 1. The van der Waals surface area contributed by atoms with E-state index in [0.29, 0.717) is 18.9 Å². The number of alkyl halides is 3. The van der Waals surface area contributed by atoms with Crippen molar-refractivity contribution in [1.29, 1.82) is 0 Å². The largest absolute Gasteiger partial charge is 0.478 e. The monoisotopic (exact) mass is 245 g/mol. The average Bonchev–Trinajstić information content (AvgIpc) is 2.13. The first-order valence-corrected chi connectivity index (χ1v) is 5.21. The third-order valence-electron chi connectivity index (χ3n) is 2.94. The van der Waals surface area contributed by atoms with E-state index in [1.165, 1.54) is 0 Å². The lowest BCUT2D eigenvalue weighted by Crippen LogP contribution is -2.19. The normalized spacial score (nSPS) is 16.6. The van der Waals surface area contributed by atoms with Crippen molar-refractivity contribution in [2.75, 3.05) is 0 Å². The molecule has 1 aromatic heterocycles. The van der Waals surface area contributed by atoms with E-state index >= 15 is 0 Å². The molecule has 92 valence electrons. The molecule has 3 nitrogen and oxygen atoms in total. The first kappa shape index (κ1) is 11.9. The highest BCUT2D eigenvalue weighted by Gasteiger charge is 2.35. The summed E-state index contributed by atoms with van der Waals surface area (Å²) < 4.78 is 37.4. The number of halogens is 3. The predicted molar refractivity (Wildman–Crippen MR) is 52.8 cm³/mol. The summed E-state index contributed by atoms with van der Waals surface area (Å²) >= 11 is 0. The maximum absolute atomic E-state index is 12.5. The van der Waals surface area contributed by atoms with E-state index in [-0.39, 0.29) is 17.2 Å². The van der Waals surface area contributed by atoms with E-state index in [9.17, 15) is 18.0 Å². The molecule has 0 unspecified atom stereocenters. The Balaban J connectivity index is 2.46. The van der Waals surface area contributed by atoms with Crippen LogP contribution in [0, 0.1) is 0 Å². The molecule has 1 heterocycles. The minimum absolute atomic E-state index is 0.0681. The Morgan fingerprint density at radius 2 is 2.00 bits per heavy atom. The van der Waals surface area contributed by atoms with Crippen LogP contribution in [-0.2, 0) is 6.18 Å². The third kappa shape index (κ3) is 2.25. The van der Waals surface area contributed by atoms with Crippen molar-refractivity contribution in [1.82, 2.24) is 4.98 Å². The van der Waals surface area contributed by atoms with Crippen LogP contribution in [-0.4, -0.2) is 16.1 Å². The van der Waals surface area contributed by atoms with Crippen molar-refractivity contribution < 1.29 is 23.1 Å². The third-order valence-corrected chi connectivity index (χ3v) is 2.94. The SMILES string of the molecule is O=C(O)c1ccc(C(F)(F)F)nc1C1CCC1. The molecule has 0 aromatic carbocycles. The maximum atomic E-state index is 12.5. The van der Waals surface area contributed by atoms with Crippen LogP contribution in [0.1, 0.15) is 46.9 Å².